The molecule has 1 saturated carbocycles. The summed E-state index contributed by atoms with van der Waals surface area (Å²) in [5, 5.41) is 3.15. The molecule has 0 aliphatic heterocycles. The van der Waals surface area contributed by atoms with Crippen molar-refractivity contribution < 1.29 is 22.7 Å². The zero-order valence-electron chi connectivity index (χ0n) is 24.7. The molecule has 4 rings (SSSR count). The fraction of sp³-hybridized carbons (Fsp3) is 0.394. The van der Waals surface area contributed by atoms with E-state index in [4.69, 9.17) is 4.74 Å². The summed E-state index contributed by atoms with van der Waals surface area (Å²) in [6.07, 6.45) is 4.93. The number of amides is 2. The molecular weight excluding hydrogens is 550 g/mol. The van der Waals surface area contributed by atoms with Crippen LogP contribution in [-0.4, -0.2) is 57.4 Å². The number of ether oxygens (including phenoxy) is 1. The van der Waals surface area contributed by atoms with Crippen molar-refractivity contribution in [2.45, 2.75) is 69.4 Å². The molecule has 9 heteroatoms. The van der Waals surface area contributed by atoms with Crippen molar-refractivity contribution in [2.75, 3.05) is 24.5 Å². The molecule has 0 heterocycles. The monoisotopic (exact) mass is 591 g/mol. The smallest absolute Gasteiger partial charge is 0.264 e. The van der Waals surface area contributed by atoms with E-state index in [-0.39, 0.29) is 29.1 Å². The second kappa shape index (κ2) is 14.4. The van der Waals surface area contributed by atoms with Crippen LogP contribution in [0.1, 0.15) is 50.2 Å². The molecule has 0 radical (unpaired) electrons. The Balaban J connectivity index is 1.71. The second-order valence-corrected chi connectivity index (χ2v) is 12.6. The molecule has 8 nitrogen and oxygen atoms in total. The van der Waals surface area contributed by atoms with Gasteiger partial charge in [-0.25, -0.2) is 8.42 Å². The Hall–Kier alpha value is -3.85. The minimum atomic E-state index is -4.17. The highest BCUT2D eigenvalue weighted by molar-refractivity contribution is 7.92. The molecule has 0 unspecified atom stereocenters. The summed E-state index contributed by atoms with van der Waals surface area (Å²) in [5.41, 5.74) is 2.10. The van der Waals surface area contributed by atoms with Gasteiger partial charge in [0.05, 0.1) is 17.7 Å². The molecule has 1 fully saturated rings. The highest BCUT2D eigenvalue weighted by Crippen LogP contribution is 2.33. The SMILES string of the molecule is CC[C@H](C(=O)NC1CCCC1)N(CCc1ccccc1)C(=O)CN(c1cc(C)ccc1OC)S(=O)(=O)c1ccccc1. The lowest BCUT2D eigenvalue weighted by atomic mass is 10.1. The molecule has 2 amide bonds. The van der Waals surface area contributed by atoms with Gasteiger partial charge in [0.25, 0.3) is 10.0 Å². The fourth-order valence-corrected chi connectivity index (χ4v) is 6.93. The van der Waals surface area contributed by atoms with Gasteiger partial charge in [0.2, 0.25) is 11.8 Å². The number of benzene rings is 3. The van der Waals surface area contributed by atoms with E-state index in [1.54, 1.807) is 35.2 Å². The van der Waals surface area contributed by atoms with Crippen molar-refractivity contribution in [1.29, 1.82) is 0 Å². The van der Waals surface area contributed by atoms with Crippen molar-refractivity contribution in [2.24, 2.45) is 0 Å². The van der Waals surface area contributed by atoms with Crippen LogP contribution in [0.5, 0.6) is 5.75 Å². The van der Waals surface area contributed by atoms with Gasteiger partial charge >= 0.3 is 0 Å². The van der Waals surface area contributed by atoms with Crippen LogP contribution in [0.2, 0.25) is 0 Å². The Labute approximate surface area is 249 Å². The maximum absolute atomic E-state index is 14.3. The number of sulfonamides is 1. The van der Waals surface area contributed by atoms with E-state index in [1.807, 2.05) is 50.2 Å². The summed E-state index contributed by atoms with van der Waals surface area (Å²) < 4.78 is 34.8. The third-order valence-electron chi connectivity index (χ3n) is 7.78. The van der Waals surface area contributed by atoms with Gasteiger partial charge in [-0.1, -0.05) is 74.4 Å². The summed E-state index contributed by atoms with van der Waals surface area (Å²) in [7, 11) is -2.70. The number of anilines is 1. The summed E-state index contributed by atoms with van der Waals surface area (Å²) in [5.74, 6) is -0.325. The molecule has 0 spiro atoms. The van der Waals surface area contributed by atoms with E-state index in [0.717, 1.165) is 41.1 Å². The van der Waals surface area contributed by atoms with Gasteiger partial charge in [-0.15, -0.1) is 0 Å². The lowest BCUT2D eigenvalue weighted by molar-refractivity contribution is -0.139. The maximum atomic E-state index is 14.3. The third-order valence-corrected chi connectivity index (χ3v) is 9.56. The number of carbonyl (C=O) groups excluding carboxylic acids is 2. The molecule has 0 bridgehead atoms. The average Bonchev–Trinajstić information content (AvgIpc) is 3.51. The highest BCUT2D eigenvalue weighted by Gasteiger charge is 2.35. The molecule has 1 aliphatic carbocycles. The predicted octanol–water partition coefficient (Wildman–Crippen LogP) is 5.11. The van der Waals surface area contributed by atoms with Crippen LogP contribution in [0.15, 0.2) is 83.8 Å². The molecule has 0 aromatic heterocycles. The largest absolute Gasteiger partial charge is 0.495 e. The van der Waals surface area contributed by atoms with Crippen molar-refractivity contribution in [3.05, 3.63) is 90.0 Å². The van der Waals surface area contributed by atoms with Crippen molar-refractivity contribution in [3.8, 4) is 5.75 Å². The molecule has 224 valence electrons. The molecular formula is C33H41N3O5S. The van der Waals surface area contributed by atoms with Crippen molar-refractivity contribution in [1.82, 2.24) is 10.2 Å². The zero-order chi connectivity index (χ0) is 30.1. The number of methoxy groups -OCH3 is 1. The van der Waals surface area contributed by atoms with Crippen LogP contribution in [0.4, 0.5) is 5.69 Å². The molecule has 0 saturated heterocycles. The van der Waals surface area contributed by atoms with Crippen LogP contribution in [-0.2, 0) is 26.0 Å². The fourth-order valence-electron chi connectivity index (χ4n) is 5.49. The Morgan fingerprint density at radius 3 is 2.24 bits per heavy atom. The van der Waals surface area contributed by atoms with Gasteiger partial charge in [0.1, 0.15) is 18.3 Å². The van der Waals surface area contributed by atoms with Crippen molar-refractivity contribution >= 4 is 27.5 Å². The normalized spacial score (nSPS) is 14.3. The first-order valence-electron chi connectivity index (χ1n) is 14.6. The van der Waals surface area contributed by atoms with Gasteiger partial charge in [-0.3, -0.25) is 13.9 Å². The van der Waals surface area contributed by atoms with Gasteiger partial charge < -0.3 is 15.0 Å². The summed E-state index contributed by atoms with van der Waals surface area (Å²) in [6.45, 7) is 3.51. The number of rotatable bonds is 13. The van der Waals surface area contributed by atoms with E-state index < -0.39 is 28.5 Å². The molecule has 1 N–H and O–H groups in total. The summed E-state index contributed by atoms with van der Waals surface area (Å²) >= 11 is 0. The summed E-state index contributed by atoms with van der Waals surface area (Å²) in [6, 6.07) is 22.4. The van der Waals surface area contributed by atoms with E-state index >= 15 is 0 Å². The number of carbonyl (C=O) groups is 2. The average molecular weight is 592 g/mol. The molecule has 1 atom stereocenters. The van der Waals surface area contributed by atoms with Gasteiger partial charge in [-0.2, -0.15) is 0 Å². The molecule has 3 aromatic carbocycles. The Morgan fingerprint density at radius 1 is 0.976 bits per heavy atom. The minimum absolute atomic E-state index is 0.0585. The third kappa shape index (κ3) is 7.50. The predicted molar refractivity (Wildman–Crippen MR) is 165 cm³/mol. The number of nitrogens with one attached hydrogen (secondary N) is 1. The number of aryl methyl sites for hydroxylation is 1. The first-order chi connectivity index (χ1) is 20.2. The highest BCUT2D eigenvalue weighted by atomic mass is 32.2. The summed E-state index contributed by atoms with van der Waals surface area (Å²) in [4.78, 5) is 29.4. The van der Waals surface area contributed by atoms with Crippen LogP contribution >= 0.6 is 0 Å². The Morgan fingerprint density at radius 2 is 1.62 bits per heavy atom. The van der Waals surface area contributed by atoms with Crippen LogP contribution in [0, 0.1) is 6.92 Å². The Kier molecular flexibility index (Phi) is 10.6. The first-order valence-corrected chi connectivity index (χ1v) is 16.0. The molecule has 1 aliphatic rings. The minimum Gasteiger partial charge on any atom is -0.495 e. The van der Waals surface area contributed by atoms with Gasteiger partial charge in [0.15, 0.2) is 0 Å². The van der Waals surface area contributed by atoms with Crippen LogP contribution in [0.3, 0.4) is 0 Å². The molecule has 42 heavy (non-hydrogen) atoms. The lowest BCUT2D eigenvalue weighted by Gasteiger charge is -2.34. The first kappa shape index (κ1) is 31.1. The van der Waals surface area contributed by atoms with Crippen LogP contribution < -0.4 is 14.4 Å². The zero-order valence-corrected chi connectivity index (χ0v) is 25.5. The topological polar surface area (TPSA) is 96.0 Å². The second-order valence-electron chi connectivity index (χ2n) is 10.7. The quantitative estimate of drug-likeness (QED) is 0.298. The number of nitrogens with zero attached hydrogens (tertiary/aromatic N) is 2. The van der Waals surface area contributed by atoms with Crippen molar-refractivity contribution in [3.63, 3.8) is 0 Å². The standard InChI is InChI=1S/C33H41N3O5S/c1-4-29(33(38)34-27-15-11-12-16-27)35(22-21-26-13-7-5-8-14-26)32(37)24-36(30-23-25(2)19-20-31(30)41-3)42(39,40)28-17-9-6-10-18-28/h5-10,13-14,17-20,23,27,29H,4,11-12,15-16,21-22,24H2,1-3H3,(H,34,38)/t29-/m1/s1. The van der Waals surface area contributed by atoms with Crippen LogP contribution in [0.25, 0.3) is 0 Å². The van der Waals surface area contributed by atoms with E-state index in [0.29, 0.717) is 18.6 Å². The maximum Gasteiger partial charge on any atom is 0.264 e. The van der Waals surface area contributed by atoms with Gasteiger partial charge in [-0.05, 0) is 68.0 Å². The number of hydrogen-bond acceptors (Lipinski definition) is 5. The molecule has 3 aromatic rings. The lowest BCUT2D eigenvalue weighted by Crippen LogP contribution is -2.54. The Bertz CT molecular complexity index is 1440. The van der Waals surface area contributed by atoms with E-state index in [1.165, 1.54) is 19.2 Å². The van der Waals surface area contributed by atoms with E-state index in [9.17, 15) is 18.0 Å². The number of hydrogen-bond donors (Lipinski definition) is 1. The van der Waals surface area contributed by atoms with Gasteiger partial charge in [0, 0.05) is 12.6 Å². The van der Waals surface area contributed by atoms with E-state index in [2.05, 4.69) is 5.32 Å².